The molecule has 0 aliphatic heterocycles. The van der Waals surface area contributed by atoms with Gasteiger partial charge < -0.3 is 0 Å². The van der Waals surface area contributed by atoms with Crippen LogP contribution in [0, 0.1) is 0 Å². The van der Waals surface area contributed by atoms with Crippen LogP contribution in [0.25, 0.3) is 10.6 Å². The van der Waals surface area contributed by atoms with Crippen LogP contribution in [-0.4, -0.2) is 15.6 Å². The van der Waals surface area contributed by atoms with Crippen molar-refractivity contribution in [3.63, 3.8) is 0 Å². The first-order valence-electron chi connectivity index (χ1n) is 8.81. The SMILES string of the molecule is O=C(Cn1nc(-c2cccc(Br)c2)sc1=Nc1ccccc1)c1ccc(Cl)cc1. The van der Waals surface area contributed by atoms with Crippen molar-refractivity contribution in [3.8, 4) is 10.6 Å². The van der Waals surface area contributed by atoms with Crippen molar-refractivity contribution in [2.45, 2.75) is 6.54 Å². The van der Waals surface area contributed by atoms with Crippen LogP contribution in [0.5, 0.6) is 0 Å². The topological polar surface area (TPSA) is 47.2 Å². The number of ketones is 1. The van der Waals surface area contributed by atoms with Gasteiger partial charge in [0, 0.05) is 20.6 Å². The first kappa shape index (κ1) is 19.8. The largest absolute Gasteiger partial charge is 0.292 e. The third-order valence-electron chi connectivity index (χ3n) is 4.13. The average molecular weight is 485 g/mol. The van der Waals surface area contributed by atoms with Gasteiger partial charge >= 0.3 is 0 Å². The van der Waals surface area contributed by atoms with Gasteiger partial charge in [0.25, 0.3) is 0 Å². The molecule has 0 unspecified atom stereocenters. The van der Waals surface area contributed by atoms with Gasteiger partial charge in [-0.3, -0.25) is 4.79 Å². The number of para-hydroxylation sites is 1. The minimum Gasteiger partial charge on any atom is -0.292 e. The number of Topliss-reactive ketones (excluding diaryl/α,β-unsaturated/α-hetero) is 1. The molecule has 0 fully saturated rings. The molecule has 1 heterocycles. The van der Waals surface area contributed by atoms with E-state index >= 15 is 0 Å². The van der Waals surface area contributed by atoms with Gasteiger partial charge in [0.2, 0.25) is 4.80 Å². The van der Waals surface area contributed by atoms with Crippen molar-refractivity contribution >= 4 is 50.3 Å². The van der Waals surface area contributed by atoms with Gasteiger partial charge in [0.1, 0.15) is 11.6 Å². The highest BCUT2D eigenvalue weighted by molar-refractivity contribution is 9.10. The number of carbonyl (C=O) groups is 1. The Kier molecular flexibility index (Phi) is 6.04. The summed E-state index contributed by atoms with van der Waals surface area (Å²) in [4.78, 5) is 18.1. The number of benzene rings is 3. The molecule has 0 saturated heterocycles. The molecule has 4 aromatic rings. The van der Waals surface area contributed by atoms with E-state index in [1.165, 1.54) is 11.3 Å². The summed E-state index contributed by atoms with van der Waals surface area (Å²) in [5.74, 6) is -0.0535. The second-order valence-corrected chi connectivity index (χ2v) is 8.54. The third kappa shape index (κ3) is 4.90. The maximum atomic E-state index is 12.8. The monoisotopic (exact) mass is 483 g/mol. The predicted octanol–water partition coefficient (Wildman–Crippen LogP) is 6.14. The number of hydrogen-bond acceptors (Lipinski definition) is 4. The van der Waals surface area contributed by atoms with Crippen LogP contribution in [0.1, 0.15) is 10.4 Å². The lowest BCUT2D eigenvalue weighted by Crippen LogP contribution is -2.21. The summed E-state index contributed by atoms with van der Waals surface area (Å²) >= 11 is 10.9. The zero-order valence-corrected chi connectivity index (χ0v) is 18.3. The van der Waals surface area contributed by atoms with E-state index in [0.29, 0.717) is 15.4 Å². The van der Waals surface area contributed by atoms with E-state index in [1.807, 2.05) is 54.6 Å². The Balaban J connectivity index is 1.75. The molecule has 7 heteroatoms. The first-order chi connectivity index (χ1) is 14.1. The van der Waals surface area contributed by atoms with Gasteiger partial charge in [-0.05, 0) is 48.5 Å². The maximum Gasteiger partial charge on any atom is 0.209 e. The van der Waals surface area contributed by atoms with Crippen molar-refractivity contribution < 1.29 is 4.79 Å². The molecule has 0 radical (unpaired) electrons. The molecule has 144 valence electrons. The van der Waals surface area contributed by atoms with E-state index in [4.69, 9.17) is 16.6 Å². The van der Waals surface area contributed by atoms with Crippen LogP contribution in [0.2, 0.25) is 5.02 Å². The predicted molar refractivity (Wildman–Crippen MR) is 121 cm³/mol. The van der Waals surface area contributed by atoms with Gasteiger partial charge in [-0.2, -0.15) is 5.10 Å². The van der Waals surface area contributed by atoms with E-state index in [-0.39, 0.29) is 12.3 Å². The van der Waals surface area contributed by atoms with Gasteiger partial charge in [-0.1, -0.05) is 69.2 Å². The van der Waals surface area contributed by atoms with Crippen LogP contribution >= 0.6 is 38.9 Å². The Morgan fingerprint density at radius 2 is 1.79 bits per heavy atom. The molecule has 0 saturated carbocycles. The Labute approximate surface area is 185 Å². The number of carbonyl (C=O) groups excluding carboxylic acids is 1. The van der Waals surface area contributed by atoms with Crippen molar-refractivity contribution in [1.29, 1.82) is 0 Å². The number of nitrogens with zero attached hydrogens (tertiary/aromatic N) is 3. The fourth-order valence-corrected chi connectivity index (χ4v) is 4.15. The van der Waals surface area contributed by atoms with Crippen molar-refractivity contribution in [1.82, 2.24) is 9.78 Å². The first-order valence-corrected chi connectivity index (χ1v) is 10.8. The Bertz CT molecular complexity index is 1220. The molecule has 0 spiro atoms. The number of hydrogen-bond donors (Lipinski definition) is 0. The molecule has 0 aliphatic rings. The molecule has 29 heavy (non-hydrogen) atoms. The molecule has 0 bridgehead atoms. The fraction of sp³-hybridized carbons (Fsp3) is 0.0455. The highest BCUT2D eigenvalue weighted by atomic mass is 79.9. The Morgan fingerprint density at radius 1 is 1.03 bits per heavy atom. The number of halogens is 2. The van der Waals surface area contributed by atoms with Crippen LogP contribution < -0.4 is 4.80 Å². The molecule has 0 N–H and O–H groups in total. The smallest absolute Gasteiger partial charge is 0.209 e. The molecule has 0 amide bonds. The van der Waals surface area contributed by atoms with Gasteiger partial charge in [-0.25, -0.2) is 9.67 Å². The van der Waals surface area contributed by atoms with Gasteiger partial charge in [0.15, 0.2) is 5.78 Å². The molecular weight excluding hydrogens is 470 g/mol. The molecule has 0 aliphatic carbocycles. The lowest BCUT2D eigenvalue weighted by molar-refractivity contribution is 0.0966. The second-order valence-electron chi connectivity index (χ2n) is 6.24. The summed E-state index contributed by atoms with van der Waals surface area (Å²) in [7, 11) is 0. The molecule has 4 nitrogen and oxygen atoms in total. The molecule has 4 rings (SSSR count). The molecule has 0 atom stereocenters. The molecular formula is C22H15BrClN3OS. The Hall–Kier alpha value is -2.54. The quantitative estimate of drug-likeness (QED) is 0.319. The van der Waals surface area contributed by atoms with Crippen LogP contribution in [0.15, 0.2) is 88.3 Å². The van der Waals surface area contributed by atoms with Crippen LogP contribution in [0.3, 0.4) is 0 Å². The minimum absolute atomic E-state index is 0.0535. The minimum atomic E-state index is -0.0535. The zero-order chi connectivity index (χ0) is 20.2. The normalized spacial score (nSPS) is 11.6. The lowest BCUT2D eigenvalue weighted by Gasteiger charge is -2.02. The summed E-state index contributed by atoms with van der Waals surface area (Å²) in [6.45, 7) is 0.0950. The van der Waals surface area contributed by atoms with Crippen molar-refractivity contribution in [2.75, 3.05) is 0 Å². The lowest BCUT2D eigenvalue weighted by atomic mass is 10.1. The van der Waals surface area contributed by atoms with Crippen molar-refractivity contribution in [2.24, 2.45) is 4.99 Å². The van der Waals surface area contributed by atoms with Crippen LogP contribution in [0.4, 0.5) is 5.69 Å². The van der Waals surface area contributed by atoms with E-state index in [9.17, 15) is 4.79 Å². The summed E-state index contributed by atoms with van der Waals surface area (Å²) in [6.07, 6.45) is 0. The second kappa shape index (κ2) is 8.86. The summed E-state index contributed by atoms with van der Waals surface area (Å²) in [5, 5.41) is 6.07. The van der Waals surface area contributed by atoms with Crippen molar-refractivity contribution in [3.05, 3.63) is 98.7 Å². The van der Waals surface area contributed by atoms with E-state index in [2.05, 4.69) is 21.0 Å². The third-order valence-corrected chi connectivity index (χ3v) is 5.87. The zero-order valence-electron chi connectivity index (χ0n) is 15.1. The highest BCUT2D eigenvalue weighted by Gasteiger charge is 2.13. The van der Waals surface area contributed by atoms with Gasteiger partial charge in [-0.15, -0.1) is 0 Å². The average Bonchev–Trinajstić information content (AvgIpc) is 3.11. The standard InChI is InChI=1S/C22H15BrClN3OS/c23-17-6-4-5-16(13-17)21-26-27(14-20(28)15-9-11-18(24)12-10-15)22(29-21)25-19-7-2-1-3-8-19/h1-13H,14H2. The maximum absolute atomic E-state index is 12.8. The summed E-state index contributed by atoms with van der Waals surface area (Å²) in [5.41, 5.74) is 2.36. The van der Waals surface area contributed by atoms with E-state index in [0.717, 1.165) is 20.7 Å². The molecule has 1 aromatic heterocycles. The van der Waals surface area contributed by atoms with E-state index < -0.39 is 0 Å². The summed E-state index contributed by atoms with van der Waals surface area (Å²) < 4.78 is 2.63. The van der Waals surface area contributed by atoms with E-state index in [1.54, 1.807) is 28.9 Å². The number of aromatic nitrogens is 2. The Morgan fingerprint density at radius 3 is 2.52 bits per heavy atom. The van der Waals surface area contributed by atoms with Crippen LogP contribution in [-0.2, 0) is 6.54 Å². The number of rotatable bonds is 5. The van der Waals surface area contributed by atoms with Gasteiger partial charge in [0.05, 0.1) is 5.69 Å². The highest BCUT2D eigenvalue weighted by Crippen LogP contribution is 2.23. The molecule has 3 aromatic carbocycles. The fourth-order valence-electron chi connectivity index (χ4n) is 2.71. The summed E-state index contributed by atoms with van der Waals surface area (Å²) in [6, 6.07) is 24.4.